The lowest BCUT2D eigenvalue weighted by Crippen LogP contribution is -2.53. The standard InChI is InChI=1S/C26H36FN3O4S/c1-7-23(26(32)28-19(4)5)29(16-20-12-14-21(27)15-13-20)25(31)17-30(35(6,33)34)24-11-9-8-10-22(24)18(2)3/h8-15,18-19,23H,7,16-17H2,1-6H3,(H,28,32)/t23-/m1/s1. The molecule has 0 saturated heterocycles. The molecular weight excluding hydrogens is 469 g/mol. The Balaban J connectivity index is 2.50. The average Bonchev–Trinajstić information content (AvgIpc) is 2.77. The van der Waals surface area contributed by atoms with Gasteiger partial charge >= 0.3 is 0 Å². The maximum absolute atomic E-state index is 13.7. The number of nitrogens with zero attached hydrogens (tertiary/aromatic N) is 2. The summed E-state index contributed by atoms with van der Waals surface area (Å²) in [5.74, 6) is -1.23. The predicted molar refractivity (Wildman–Crippen MR) is 137 cm³/mol. The van der Waals surface area contributed by atoms with E-state index in [-0.39, 0.29) is 24.4 Å². The molecule has 2 aromatic carbocycles. The molecule has 1 N–H and O–H groups in total. The van der Waals surface area contributed by atoms with Crippen LogP contribution in [-0.2, 0) is 26.2 Å². The first-order chi connectivity index (χ1) is 16.3. The minimum Gasteiger partial charge on any atom is -0.352 e. The summed E-state index contributed by atoms with van der Waals surface area (Å²) in [4.78, 5) is 28.0. The highest BCUT2D eigenvalue weighted by molar-refractivity contribution is 7.92. The lowest BCUT2D eigenvalue weighted by Gasteiger charge is -2.33. The van der Waals surface area contributed by atoms with Gasteiger partial charge in [0.05, 0.1) is 11.9 Å². The van der Waals surface area contributed by atoms with Gasteiger partial charge in [-0.2, -0.15) is 0 Å². The molecule has 0 fully saturated rings. The number of carbonyl (C=O) groups excluding carboxylic acids is 2. The molecule has 0 heterocycles. The fraction of sp³-hybridized carbons (Fsp3) is 0.462. The Hall–Kier alpha value is -2.94. The highest BCUT2D eigenvalue weighted by Crippen LogP contribution is 2.29. The average molecular weight is 506 g/mol. The second-order valence-electron chi connectivity index (χ2n) is 9.22. The summed E-state index contributed by atoms with van der Waals surface area (Å²) in [5.41, 5.74) is 1.85. The van der Waals surface area contributed by atoms with E-state index in [1.165, 1.54) is 17.0 Å². The Bertz CT molecular complexity index is 1120. The number of nitrogens with one attached hydrogen (secondary N) is 1. The van der Waals surface area contributed by atoms with Crippen molar-refractivity contribution in [1.29, 1.82) is 0 Å². The minimum atomic E-state index is -3.82. The van der Waals surface area contributed by atoms with Gasteiger partial charge in [-0.1, -0.05) is 51.1 Å². The fourth-order valence-electron chi connectivity index (χ4n) is 3.88. The first kappa shape index (κ1) is 28.3. The highest BCUT2D eigenvalue weighted by atomic mass is 32.2. The zero-order valence-corrected chi connectivity index (χ0v) is 22.1. The van der Waals surface area contributed by atoms with Crippen molar-refractivity contribution in [1.82, 2.24) is 10.2 Å². The van der Waals surface area contributed by atoms with Gasteiger partial charge in [-0.3, -0.25) is 13.9 Å². The number of amides is 2. The van der Waals surface area contributed by atoms with Crippen LogP contribution in [0, 0.1) is 5.82 Å². The first-order valence-electron chi connectivity index (χ1n) is 11.8. The zero-order valence-electron chi connectivity index (χ0n) is 21.3. The van der Waals surface area contributed by atoms with Crippen LogP contribution in [0.4, 0.5) is 10.1 Å². The van der Waals surface area contributed by atoms with E-state index < -0.39 is 34.3 Å². The summed E-state index contributed by atoms with van der Waals surface area (Å²) in [6.07, 6.45) is 1.39. The molecule has 0 spiro atoms. The number of hydrogen-bond acceptors (Lipinski definition) is 4. The van der Waals surface area contributed by atoms with Crippen LogP contribution in [0.25, 0.3) is 0 Å². The van der Waals surface area contributed by atoms with Gasteiger partial charge < -0.3 is 10.2 Å². The molecule has 0 aliphatic rings. The normalized spacial score (nSPS) is 12.5. The summed E-state index contributed by atoms with van der Waals surface area (Å²) in [6.45, 7) is 8.91. The van der Waals surface area contributed by atoms with Gasteiger partial charge in [0.2, 0.25) is 21.8 Å². The lowest BCUT2D eigenvalue weighted by molar-refractivity contribution is -0.140. The van der Waals surface area contributed by atoms with Crippen molar-refractivity contribution in [2.24, 2.45) is 0 Å². The summed E-state index contributed by atoms with van der Waals surface area (Å²) in [5, 5.41) is 2.84. The summed E-state index contributed by atoms with van der Waals surface area (Å²) in [7, 11) is -3.82. The molecule has 9 heteroatoms. The smallest absolute Gasteiger partial charge is 0.244 e. The molecule has 2 rings (SSSR count). The summed E-state index contributed by atoms with van der Waals surface area (Å²) >= 11 is 0. The highest BCUT2D eigenvalue weighted by Gasteiger charge is 2.32. The third-order valence-electron chi connectivity index (χ3n) is 5.59. The number of rotatable bonds is 11. The second kappa shape index (κ2) is 12.2. The van der Waals surface area contributed by atoms with Gasteiger partial charge in [0.25, 0.3) is 0 Å². The van der Waals surface area contributed by atoms with E-state index >= 15 is 0 Å². The van der Waals surface area contributed by atoms with Gasteiger partial charge in [0.15, 0.2) is 0 Å². The van der Waals surface area contributed by atoms with Crippen molar-refractivity contribution in [3.63, 3.8) is 0 Å². The number of halogens is 1. The van der Waals surface area contributed by atoms with E-state index in [0.29, 0.717) is 17.7 Å². The van der Waals surface area contributed by atoms with E-state index in [9.17, 15) is 22.4 Å². The van der Waals surface area contributed by atoms with Gasteiger partial charge in [-0.15, -0.1) is 0 Å². The third kappa shape index (κ3) is 7.78. The number of para-hydroxylation sites is 1. The maximum Gasteiger partial charge on any atom is 0.244 e. The van der Waals surface area contributed by atoms with Crippen LogP contribution in [-0.4, -0.2) is 50.0 Å². The van der Waals surface area contributed by atoms with Crippen molar-refractivity contribution in [3.8, 4) is 0 Å². The van der Waals surface area contributed by atoms with E-state index in [0.717, 1.165) is 16.1 Å². The van der Waals surface area contributed by atoms with Crippen LogP contribution < -0.4 is 9.62 Å². The number of sulfonamides is 1. The molecule has 0 bridgehead atoms. The van der Waals surface area contributed by atoms with Crippen molar-refractivity contribution in [2.45, 2.75) is 65.6 Å². The molecule has 0 aliphatic heterocycles. The van der Waals surface area contributed by atoms with Gasteiger partial charge in [0, 0.05) is 12.6 Å². The molecule has 0 saturated carbocycles. The number of anilines is 1. The van der Waals surface area contributed by atoms with E-state index in [2.05, 4.69) is 5.32 Å². The Kier molecular flexibility index (Phi) is 9.82. The fourth-order valence-corrected chi connectivity index (χ4v) is 4.75. The number of hydrogen-bond donors (Lipinski definition) is 1. The number of carbonyl (C=O) groups is 2. The SMILES string of the molecule is CC[C@H](C(=O)NC(C)C)N(Cc1ccc(F)cc1)C(=O)CN(c1ccccc1C(C)C)S(C)(=O)=O. The van der Waals surface area contributed by atoms with Gasteiger partial charge in [-0.25, -0.2) is 12.8 Å². The van der Waals surface area contributed by atoms with E-state index in [1.54, 1.807) is 31.2 Å². The molecular formula is C26H36FN3O4S. The van der Waals surface area contributed by atoms with Crippen LogP contribution in [0.5, 0.6) is 0 Å². The second-order valence-corrected chi connectivity index (χ2v) is 11.1. The zero-order chi connectivity index (χ0) is 26.3. The molecule has 1 atom stereocenters. The largest absolute Gasteiger partial charge is 0.352 e. The van der Waals surface area contributed by atoms with Gasteiger partial charge in [0.1, 0.15) is 18.4 Å². The van der Waals surface area contributed by atoms with Crippen molar-refractivity contribution in [2.75, 3.05) is 17.1 Å². The van der Waals surface area contributed by atoms with Gasteiger partial charge in [-0.05, 0) is 55.5 Å². The molecule has 192 valence electrons. The molecule has 35 heavy (non-hydrogen) atoms. The molecule has 7 nitrogen and oxygen atoms in total. The summed E-state index contributed by atoms with van der Waals surface area (Å²) < 4.78 is 40.2. The minimum absolute atomic E-state index is 0.0288. The molecule has 0 aromatic heterocycles. The quantitative estimate of drug-likeness (QED) is 0.499. The van der Waals surface area contributed by atoms with Crippen LogP contribution in [0.3, 0.4) is 0 Å². The molecule has 2 amide bonds. The summed E-state index contributed by atoms with van der Waals surface area (Å²) in [6, 6.07) is 11.8. The molecule has 0 unspecified atom stereocenters. The Morgan fingerprint density at radius 2 is 1.60 bits per heavy atom. The van der Waals surface area contributed by atoms with E-state index in [1.807, 2.05) is 39.8 Å². The van der Waals surface area contributed by atoms with Crippen LogP contribution >= 0.6 is 0 Å². The topological polar surface area (TPSA) is 86.8 Å². The van der Waals surface area contributed by atoms with Crippen LogP contribution in [0.15, 0.2) is 48.5 Å². The molecule has 0 radical (unpaired) electrons. The third-order valence-corrected chi connectivity index (χ3v) is 6.72. The lowest BCUT2D eigenvalue weighted by atomic mass is 10.0. The predicted octanol–water partition coefficient (Wildman–Crippen LogP) is 4.05. The Morgan fingerprint density at radius 1 is 1.00 bits per heavy atom. The monoisotopic (exact) mass is 505 g/mol. The van der Waals surface area contributed by atoms with E-state index in [4.69, 9.17) is 0 Å². The first-order valence-corrected chi connectivity index (χ1v) is 13.6. The Morgan fingerprint density at radius 3 is 2.11 bits per heavy atom. The number of benzene rings is 2. The maximum atomic E-state index is 13.7. The van der Waals surface area contributed by atoms with Crippen molar-refractivity contribution in [3.05, 3.63) is 65.5 Å². The van der Waals surface area contributed by atoms with Crippen LogP contribution in [0.2, 0.25) is 0 Å². The van der Waals surface area contributed by atoms with Crippen LogP contribution in [0.1, 0.15) is 58.1 Å². The molecule has 0 aliphatic carbocycles. The molecule has 2 aromatic rings. The Labute approximate surface area is 208 Å². The van der Waals surface area contributed by atoms with Crippen molar-refractivity contribution < 1.29 is 22.4 Å². The van der Waals surface area contributed by atoms with Crippen molar-refractivity contribution >= 4 is 27.5 Å².